The molecule has 1 rings (SSSR count). The highest BCUT2D eigenvalue weighted by atomic mass is 19.3. The summed E-state index contributed by atoms with van der Waals surface area (Å²) in [6.07, 6.45) is 0. The average Bonchev–Trinajstić information content (AvgIpc) is 2.35. The second-order valence-corrected chi connectivity index (χ2v) is 2.66. The minimum absolute atomic E-state index is 0.113. The van der Waals surface area contributed by atoms with E-state index in [1.807, 2.05) is 0 Å². The largest absolute Gasteiger partial charge is 0.477 e. The Bertz CT molecular complexity index is 244. The highest BCUT2D eigenvalue weighted by Crippen LogP contribution is 2.16. The number of hydrogen-bond acceptors (Lipinski definition) is 2. The molecule has 1 aliphatic rings. The van der Waals surface area contributed by atoms with E-state index in [4.69, 9.17) is 5.11 Å². The van der Waals surface area contributed by atoms with Gasteiger partial charge in [-0.25, -0.2) is 9.59 Å². The Hall–Kier alpha value is -1.40. The lowest BCUT2D eigenvalue weighted by molar-refractivity contribution is -0.166. The van der Waals surface area contributed by atoms with Crippen LogP contribution in [0.3, 0.4) is 0 Å². The third-order valence-corrected chi connectivity index (χ3v) is 1.65. The Balaban J connectivity index is 2.57. The molecule has 5 nitrogen and oxygen atoms in total. The van der Waals surface area contributed by atoms with Gasteiger partial charge >= 0.3 is 17.9 Å². The Kier molecular flexibility index (Phi) is 2.35. The smallest absolute Gasteiger partial charge is 0.376 e. The summed E-state index contributed by atoms with van der Waals surface area (Å²) >= 11 is 0. The van der Waals surface area contributed by atoms with Crippen molar-refractivity contribution in [2.75, 3.05) is 19.6 Å². The number of rotatable bonds is 3. The topological polar surface area (TPSA) is 69.6 Å². The minimum atomic E-state index is -3.87. The summed E-state index contributed by atoms with van der Waals surface area (Å²) in [7, 11) is 0. The summed E-state index contributed by atoms with van der Waals surface area (Å²) < 4.78 is 25.1. The Morgan fingerprint density at radius 1 is 1.69 bits per heavy atom. The second kappa shape index (κ2) is 3.15. The van der Waals surface area contributed by atoms with Gasteiger partial charge in [0, 0.05) is 13.1 Å². The van der Waals surface area contributed by atoms with Gasteiger partial charge in [-0.15, -0.1) is 0 Å². The fourth-order valence-corrected chi connectivity index (χ4v) is 0.969. The number of carboxylic acid groups (broad SMARTS) is 1. The first-order chi connectivity index (χ1) is 5.93. The molecule has 7 heteroatoms. The van der Waals surface area contributed by atoms with Crippen LogP contribution in [0.5, 0.6) is 0 Å². The molecule has 2 N–H and O–H groups in total. The van der Waals surface area contributed by atoms with Gasteiger partial charge in [0.05, 0.1) is 6.54 Å². The quantitative estimate of drug-likeness (QED) is 0.649. The van der Waals surface area contributed by atoms with Gasteiger partial charge in [-0.3, -0.25) is 0 Å². The summed E-state index contributed by atoms with van der Waals surface area (Å²) in [6.45, 7) is -0.690. The van der Waals surface area contributed by atoms with E-state index in [2.05, 4.69) is 5.32 Å². The Labute approximate surface area is 72.3 Å². The van der Waals surface area contributed by atoms with Crippen LogP contribution in [0.2, 0.25) is 0 Å². The highest BCUT2D eigenvalue weighted by Gasteiger charge is 2.42. The van der Waals surface area contributed by atoms with Crippen LogP contribution in [0.1, 0.15) is 0 Å². The van der Waals surface area contributed by atoms with E-state index in [0.29, 0.717) is 0 Å². The lowest BCUT2D eigenvalue weighted by atomic mass is 10.3. The molecular formula is C6H8F2N2O3. The summed E-state index contributed by atoms with van der Waals surface area (Å²) in [5.74, 6) is -6.09. The van der Waals surface area contributed by atoms with Gasteiger partial charge in [-0.05, 0) is 0 Å². The molecule has 0 aliphatic carbocycles. The van der Waals surface area contributed by atoms with Crippen LogP contribution in [-0.4, -0.2) is 47.6 Å². The number of hydrogen-bond donors (Lipinski definition) is 2. The normalized spacial score (nSPS) is 17.4. The van der Waals surface area contributed by atoms with Crippen molar-refractivity contribution in [3.63, 3.8) is 0 Å². The Morgan fingerprint density at radius 2 is 2.31 bits per heavy atom. The monoisotopic (exact) mass is 194 g/mol. The molecule has 0 aromatic heterocycles. The standard InChI is InChI=1S/C6H8F2N2O3/c7-6(8,4(11)12)3-10-2-1-9-5(10)13/h1-3H2,(H,9,13)(H,11,12). The zero-order valence-corrected chi connectivity index (χ0v) is 6.59. The SMILES string of the molecule is O=C1NCCN1CC(F)(F)C(=O)O. The van der Waals surface area contributed by atoms with Gasteiger partial charge in [0.15, 0.2) is 0 Å². The lowest BCUT2D eigenvalue weighted by Crippen LogP contribution is -2.43. The van der Waals surface area contributed by atoms with E-state index in [-0.39, 0.29) is 13.1 Å². The second-order valence-electron chi connectivity index (χ2n) is 2.66. The van der Waals surface area contributed by atoms with Crippen molar-refractivity contribution in [2.24, 2.45) is 0 Å². The molecule has 74 valence electrons. The molecule has 0 bridgehead atoms. The fraction of sp³-hybridized carbons (Fsp3) is 0.667. The zero-order chi connectivity index (χ0) is 10.1. The number of nitrogens with one attached hydrogen (secondary N) is 1. The minimum Gasteiger partial charge on any atom is -0.477 e. The molecule has 0 atom stereocenters. The number of carboxylic acids is 1. The molecule has 1 fully saturated rings. The van der Waals surface area contributed by atoms with E-state index in [0.717, 1.165) is 4.90 Å². The van der Waals surface area contributed by atoms with Gasteiger partial charge in [0.1, 0.15) is 0 Å². The molecular weight excluding hydrogens is 186 g/mol. The third kappa shape index (κ3) is 2.04. The van der Waals surface area contributed by atoms with Gasteiger partial charge in [-0.1, -0.05) is 0 Å². The predicted octanol–water partition coefficient (Wildman–Crippen LogP) is -0.269. The maximum Gasteiger partial charge on any atom is 0.376 e. The van der Waals surface area contributed by atoms with Crippen molar-refractivity contribution in [2.45, 2.75) is 5.92 Å². The first-order valence-corrected chi connectivity index (χ1v) is 3.57. The molecule has 1 saturated heterocycles. The molecule has 0 radical (unpaired) electrons. The molecule has 2 amide bonds. The van der Waals surface area contributed by atoms with Gasteiger partial charge in [0.2, 0.25) is 0 Å². The van der Waals surface area contributed by atoms with Crippen LogP contribution < -0.4 is 5.32 Å². The molecule has 0 aromatic rings. The van der Waals surface area contributed by atoms with Crippen molar-refractivity contribution >= 4 is 12.0 Å². The van der Waals surface area contributed by atoms with E-state index < -0.39 is 24.5 Å². The van der Waals surface area contributed by atoms with E-state index in [1.54, 1.807) is 0 Å². The van der Waals surface area contributed by atoms with Crippen LogP contribution in [0.15, 0.2) is 0 Å². The van der Waals surface area contributed by atoms with Gasteiger partial charge in [0.25, 0.3) is 0 Å². The third-order valence-electron chi connectivity index (χ3n) is 1.65. The maximum absolute atomic E-state index is 12.6. The van der Waals surface area contributed by atoms with Crippen molar-refractivity contribution in [3.8, 4) is 0 Å². The number of nitrogens with zero attached hydrogens (tertiary/aromatic N) is 1. The van der Waals surface area contributed by atoms with Crippen LogP contribution >= 0.6 is 0 Å². The van der Waals surface area contributed by atoms with Crippen molar-refractivity contribution in [1.82, 2.24) is 10.2 Å². The fourth-order valence-electron chi connectivity index (χ4n) is 0.969. The van der Waals surface area contributed by atoms with Crippen LogP contribution in [-0.2, 0) is 4.79 Å². The van der Waals surface area contributed by atoms with E-state index >= 15 is 0 Å². The maximum atomic E-state index is 12.6. The summed E-state index contributed by atoms with van der Waals surface area (Å²) in [5, 5.41) is 10.4. The zero-order valence-electron chi connectivity index (χ0n) is 6.59. The van der Waals surface area contributed by atoms with E-state index in [1.165, 1.54) is 0 Å². The first-order valence-electron chi connectivity index (χ1n) is 3.57. The number of alkyl halides is 2. The highest BCUT2D eigenvalue weighted by molar-refractivity contribution is 5.79. The number of carbonyl (C=O) groups is 2. The Morgan fingerprint density at radius 3 is 2.69 bits per heavy atom. The number of aliphatic carboxylic acids is 1. The molecule has 1 aliphatic heterocycles. The van der Waals surface area contributed by atoms with Crippen molar-refractivity contribution < 1.29 is 23.5 Å². The van der Waals surface area contributed by atoms with Crippen molar-refractivity contribution in [3.05, 3.63) is 0 Å². The lowest BCUT2D eigenvalue weighted by Gasteiger charge is -2.18. The van der Waals surface area contributed by atoms with Crippen LogP contribution in [0, 0.1) is 0 Å². The average molecular weight is 194 g/mol. The van der Waals surface area contributed by atoms with E-state index in [9.17, 15) is 18.4 Å². The summed E-state index contributed by atoms with van der Waals surface area (Å²) in [5.41, 5.74) is 0. The number of amides is 2. The van der Waals surface area contributed by atoms with Crippen LogP contribution in [0.4, 0.5) is 13.6 Å². The first kappa shape index (κ1) is 9.69. The van der Waals surface area contributed by atoms with Crippen molar-refractivity contribution in [1.29, 1.82) is 0 Å². The molecule has 0 aromatic carbocycles. The number of urea groups is 1. The summed E-state index contributed by atoms with van der Waals surface area (Å²) in [6, 6.07) is -0.652. The molecule has 0 unspecified atom stereocenters. The molecule has 0 spiro atoms. The van der Waals surface area contributed by atoms with Gasteiger partial charge in [-0.2, -0.15) is 8.78 Å². The number of halogens is 2. The number of carbonyl (C=O) groups excluding carboxylic acids is 1. The molecule has 13 heavy (non-hydrogen) atoms. The van der Waals surface area contributed by atoms with Gasteiger partial charge < -0.3 is 15.3 Å². The molecule has 0 saturated carbocycles. The summed E-state index contributed by atoms with van der Waals surface area (Å²) in [4.78, 5) is 21.5. The van der Waals surface area contributed by atoms with Crippen LogP contribution in [0.25, 0.3) is 0 Å². The predicted molar refractivity (Wildman–Crippen MR) is 37.6 cm³/mol. The molecule has 1 heterocycles.